The number of aliphatic hydroxyl groups is 1. The third kappa shape index (κ3) is 3.45. The van der Waals surface area contributed by atoms with Crippen molar-refractivity contribution < 1.29 is 18.4 Å². The number of hydrogen-bond acceptors (Lipinski definition) is 6. The molecule has 0 fully saturated rings. The Balaban J connectivity index is 3.03. The summed E-state index contributed by atoms with van der Waals surface area (Å²) in [6, 6.07) is 2.08. The first-order valence-corrected chi connectivity index (χ1v) is 6.41. The molecule has 1 heterocycles. The maximum Gasteiger partial charge on any atom is 0.363 e. The maximum atomic E-state index is 11.9. The lowest BCUT2D eigenvalue weighted by atomic mass is 10.1. The van der Waals surface area contributed by atoms with Gasteiger partial charge in [-0.3, -0.25) is 0 Å². The first-order chi connectivity index (χ1) is 8.18. The van der Waals surface area contributed by atoms with Crippen molar-refractivity contribution in [1.29, 1.82) is 0 Å². The van der Waals surface area contributed by atoms with Gasteiger partial charge in [0.05, 0.1) is 12.1 Å². The van der Waals surface area contributed by atoms with E-state index in [2.05, 4.69) is 9.71 Å². The Kier molecular flexibility index (Phi) is 3.99. The number of nitrogens with zero attached hydrogens (tertiary/aromatic N) is 2. The molecule has 0 saturated carbocycles. The van der Waals surface area contributed by atoms with Crippen molar-refractivity contribution >= 4 is 15.8 Å². The molecule has 9 heteroatoms. The molecule has 0 aliphatic heterocycles. The molecule has 18 heavy (non-hydrogen) atoms. The summed E-state index contributed by atoms with van der Waals surface area (Å²) in [5.41, 5.74) is -1.03. The van der Waals surface area contributed by atoms with E-state index in [9.17, 15) is 18.5 Å². The van der Waals surface area contributed by atoms with Crippen molar-refractivity contribution in [1.82, 2.24) is 9.71 Å². The molecule has 1 aromatic rings. The topological polar surface area (TPSA) is 122 Å². The molecule has 0 saturated heterocycles. The highest BCUT2D eigenvalue weighted by atomic mass is 32.2. The summed E-state index contributed by atoms with van der Waals surface area (Å²) in [6.45, 7) is 2.62. The summed E-state index contributed by atoms with van der Waals surface area (Å²) < 4.78 is 26.0. The van der Waals surface area contributed by atoms with Crippen LogP contribution < -0.4 is 4.72 Å². The molecule has 0 bridgehead atoms. The van der Waals surface area contributed by atoms with Crippen molar-refractivity contribution in [3.05, 3.63) is 28.4 Å². The average molecular weight is 275 g/mol. The van der Waals surface area contributed by atoms with Crippen molar-refractivity contribution in [2.24, 2.45) is 0 Å². The van der Waals surface area contributed by atoms with Crippen LogP contribution in [0.1, 0.15) is 13.8 Å². The zero-order valence-corrected chi connectivity index (χ0v) is 10.6. The Labute approximate surface area is 104 Å². The van der Waals surface area contributed by atoms with E-state index in [-0.39, 0.29) is 11.5 Å². The van der Waals surface area contributed by atoms with Gasteiger partial charge in [0.2, 0.25) is 10.0 Å². The molecule has 0 amide bonds. The minimum atomic E-state index is -3.87. The largest absolute Gasteiger partial charge is 0.394 e. The normalized spacial score (nSPS) is 12.4. The van der Waals surface area contributed by atoms with Gasteiger partial charge < -0.3 is 15.2 Å². The second-order valence-electron chi connectivity index (χ2n) is 4.26. The minimum Gasteiger partial charge on any atom is -0.394 e. The van der Waals surface area contributed by atoms with Crippen LogP contribution in [0.3, 0.4) is 0 Å². The van der Waals surface area contributed by atoms with Crippen molar-refractivity contribution in [2.45, 2.75) is 24.3 Å². The van der Waals surface area contributed by atoms with Crippen LogP contribution >= 0.6 is 0 Å². The molecule has 2 N–H and O–H groups in total. The summed E-state index contributed by atoms with van der Waals surface area (Å²) in [6.07, 6.45) is 0.897. The van der Waals surface area contributed by atoms with Crippen molar-refractivity contribution in [3.8, 4) is 0 Å². The molecular formula is C9H13N3O5S. The number of nitrogens with one attached hydrogen (secondary N) is 1. The van der Waals surface area contributed by atoms with E-state index in [1.807, 2.05) is 0 Å². The Morgan fingerprint density at radius 3 is 2.50 bits per heavy atom. The Morgan fingerprint density at radius 1 is 1.50 bits per heavy atom. The summed E-state index contributed by atoms with van der Waals surface area (Å²) in [5, 5.41) is 19.4. The van der Waals surface area contributed by atoms with E-state index in [4.69, 9.17) is 5.11 Å². The zero-order chi connectivity index (χ0) is 14.0. The van der Waals surface area contributed by atoms with E-state index in [1.54, 1.807) is 0 Å². The molecule has 1 rings (SSSR count). The fourth-order valence-corrected chi connectivity index (χ4v) is 2.44. The molecule has 0 aromatic carbocycles. The molecule has 100 valence electrons. The lowest BCUT2D eigenvalue weighted by Crippen LogP contribution is -2.46. The lowest BCUT2D eigenvalue weighted by Gasteiger charge is -2.22. The predicted molar refractivity (Wildman–Crippen MR) is 62.4 cm³/mol. The second kappa shape index (κ2) is 4.96. The second-order valence-corrected chi connectivity index (χ2v) is 5.94. The van der Waals surface area contributed by atoms with Gasteiger partial charge in [-0.15, -0.1) is 0 Å². The molecular weight excluding hydrogens is 262 g/mol. The first kappa shape index (κ1) is 14.5. The lowest BCUT2D eigenvalue weighted by molar-refractivity contribution is -0.389. The Bertz CT molecular complexity index is 538. The van der Waals surface area contributed by atoms with Crippen LogP contribution in [-0.2, 0) is 10.0 Å². The number of sulfonamides is 1. The van der Waals surface area contributed by atoms with E-state index in [0.29, 0.717) is 0 Å². The number of pyridine rings is 1. The third-order valence-electron chi connectivity index (χ3n) is 2.02. The van der Waals surface area contributed by atoms with Crippen LogP contribution in [0, 0.1) is 10.1 Å². The van der Waals surface area contributed by atoms with Gasteiger partial charge in [0.15, 0.2) is 6.20 Å². The van der Waals surface area contributed by atoms with Gasteiger partial charge in [-0.05, 0) is 29.8 Å². The van der Waals surface area contributed by atoms with E-state index in [1.165, 1.54) is 13.8 Å². The Morgan fingerprint density at radius 2 is 2.11 bits per heavy atom. The molecule has 1 aromatic heterocycles. The molecule has 0 aliphatic carbocycles. The molecule has 0 spiro atoms. The van der Waals surface area contributed by atoms with Gasteiger partial charge in [0, 0.05) is 6.07 Å². The summed E-state index contributed by atoms with van der Waals surface area (Å²) in [5.74, 6) is -0.435. The predicted octanol–water partition coefficient (Wildman–Crippen LogP) is 0.0390. The average Bonchev–Trinajstić information content (AvgIpc) is 2.28. The van der Waals surface area contributed by atoms with E-state index in [0.717, 1.165) is 18.3 Å². The van der Waals surface area contributed by atoms with Gasteiger partial charge >= 0.3 is 5.82 Å². The fourth-order valence-electron chi connectivity index (χ4n) is 1.09. The quantitative estimate of drug-likeness (QED) is 0.577. The highest BCUT2D eigenvalue weighted by Crippen LogP contribution is 2.14. The van der Waals surface area contributed by atoms with Gasteiger partial charge in [-0.2, -0.15) is 0 Å². The molecule has 0 atom stereocenters. The molecule has 8 nitrogen and oxygen atoms in total. The smallest absolute Gasteiger partial charge is 0.363 e. The fraction of sp³-hybridized carbons (Fsp3) is 0.444. The van der Waals surface area contributed by atoms with Gasteiger partial charge in [0.1, 0.15) is 4.90 Å². The number of aromatic nitrogens is 1. The highest BCUT2D eigenvalue weighted by molar-refractivity contribution is 7.89. The van der Waals surface area contributed by atoms with Crippen LogP contribution in [0.5, 0.6) is 0 Å². The van der Waals surface area contributed by atoms with Crippen LogP contribution in [0.2, 0.25) is 0 Å². The Hall–Kier alpha value is -1.58. The summed E-state index contributed by atoms with van der Waals surface area (Å²) >= 11 is 0. The van der Waals surface area contributed by atoms with E-state index < -0.39 is 26.3 Å². The number of rotatable bonds is 5. The van der Waals surface area contributed by atoms with Crippen LogP contribution in [0.4, 0.5) is 5.82 Å². The van der Waals surface area contributed by atoms with Crippen LogP contribution in [0.15, 0.2) is 23.2 Å². The SMILES string of the molecule is CC(C)(CO)NS(=O)(=O)c1ccc([N+](=O)[O-])nc1. The van der Waals surface area contributed by atoms with E-state index >= 15 is 0 Å². The van der Waals surface area contributed by atoms with Gasteiger partial charge in [-0.1, -0.05) is 0 Å². The molecule has 0 unspecified atom stereocenters. The van der Waals surface area contributed by atoms with Crippen LogP contribution in [-0.4, -0.2) is 35.6 Å². The monoisotopic (exact) mass is 275 g/mol. The highest BCUT2D eigenvalue weighted by Gasteiger charge is 2.26. The maximum absolute atomic E-state index is 11.9. The zero-order valence-electron chi connectivity index (χ0n) is 9.82. The summed E-state index contributed by atoms with van der Waals surface area (Å²) in [4.78, 5) is 12.9. The third-order valence-corrected chi connectivity index (χ3v) is 3.71. The van der Waals surface area contributed by atoms with Crippen molar-refractivity contribution in [3.63, 3.8) is 0 Å². The van der Waals surface area contributed by atoms with Crippen LogP contribution in [0.25, 0.3) is 0 Å². The number of aliphatic hydroxyl groups excluding tert-OH is 1. The van der Waals surface area contributed by atoms with Gasteiger partial charge in [0.25, 0.3) is 0 Å². The number of nitro groups is 1. The van der Waals surface area contributed by atoms with Crippen molar-refractivity contribution in [2.75, 3.05) is 6.61 Å². The molecule has 0 radical (unpaired) electrons. The minimum absolute atomic E-state index is 0.199. The van der Waals surface area contributed by atoms with Gasteiger partial charge in [-0.25, -0.2) is 13.1 Å². The first-order valence-electron chi connectivity index (χ1n) is 4.93. The summed E-state index contributed by atoms with van der Waals surface area (Å²) in [7, 11) is -3.87. The molecule has 0 aliphatic rings. The number of hydrogen-bond donors (Lipinski definition) is 2. The standard InChI is InChI=1S/C9H13N3O5S/c1-9(2,6-13)11-18(16,17)7-3-4-8(10-5-7)12(14)15/h3-5,11,13H,6H2,1-2H3.